The molecule has 0 bridgehead atoms. The monoisotopic (exact) mass is 249 g/mol. The summed E-state index contributed by atoms with van der Waals surface area (Å²) in [4.78, 5) is 0. The van der Waals surface area contributed by atoms with Crippen LogP contribution in [-0.2, 0) is 0 Å². The van der Waals surface area contributed by atoms with Crippen molar-refractivity contribution in [3.63, 3.8) is 0 Å². The zero-order valence-electron chi connectivity index (χ0n) is 8.45. The Morgan fingerprint density at radius 2 is 2.29 bits per heavy atom. The lowest BCUT2D eigenvalue weighted by Gasteiger charge is -2.19. The zero-order valence-corrected chi connectivity index (χ0v) is 10.9. The van der Waals surface area contributed by atoms with Crippen molar-refractivity contribution in [1.29, 1.82) is 5.26 Å². The summed E-state index contributed by atoms with van der Waals surface area (Å²) in [5.41, 5.74) is 0. The van der Waals surface area contributed by atoms with E-state index < -0.39 is 4.75 Å². The molecule has 0 heterocycles. The lowest BCUT2D eigenvalue weighted by atomic mass is 10.1. The molecular formula is C9H15NOS3. The van der Waals surface area contributed by atoms with Crippen molar-refractivity contribution in [2.75, 3.05) is 12.4 Å². The van der Waals surface area contributed by atoms with E-state index in [0.717, 1.165) is 9.28 Å². The molecule has 0 rings (SSSR count). The second kappa shape index (κ2) is 7.52. The van der Waals surface area contributed by atoms with E-state index in [1.807, 2.05) is 13.8 Å². The van der Waals surface area contributed by atoms with E-state index in [2.05, 4.69) is 6.07 Å². The topological polar surface area (TPSA) is 44.0 Å². The summed E-state index contributed by atoms with van der Waals surface area (Å²) in [7, 11) is 0. The van der Waals surface area contributed by atoms with Crippen LogP contribution >= 0.6 is 35.7 Å². The molecule has 0 radical (unpaired) electrons. The highest BCUT2D eigenvalue weighted by molar-refractivity contribution is 8.47. The number of aliphatic hydroxyl groups is 1. The van der Waals surface area contributed by atoms with Crippen LogP contribution in [0.2, 0.25) is 0 Å². The maximum absolute atomic E-state index is 9.01. The van der Waals surface area contributed by atoms with E-state index in [1.165, 1.54) is 11.8 Å². The van der Waals surface area contributed by atoms with Crippen molar-refractivity contribution in [1.82, 2.24) is 0 Å². The van der Waals surface area contributed by atoms with Gasteiger partial charge >= 0.3 is 0 Å². The molecule has 1 N–H and O–H groups in total. The molecule has 80 valence electrons. The Morgan fingerprint density at radius 3 is 2.71 bits per heavy atom. The molecule has 1 unspecified atom stereocenters. The lowest BCUT2D eigenvalue weighted by Crippen LogP contribution is -2.19. The third kappa shape index (κ3) is 5.86. The first-order valence-corrected chi connectivity index (χ1v) is 6.67. The third-order valence-corrected chi connectivity index (χ3v) is 4.26. The Kier molecular flexibility index (Phi) is 7.65. The van der Waals surface area contributed by atoms with Crippen LogP contribution in [0.4, 0.5) is 0 Å². The van der Waals surface area contributed by atoms with Gasteiger partial charge in [-0.15, -0.1) is 11.8 Å². The van der Waals surface area contributed by atoms with Crippen LogP contribution in [0.1, 0.15) is 26.7 Å². The second-order valence-corrected chi connectivity index (χ2v) is 6.93. The Morgan fingerprint density at radius 1 is 1.64 bits per heavy atom. The van der Waals surface area contributed by atoms with Crippen LogP contribution in [0.5, 0.6) is 0 Å². The van der Waals surface area contributed by atoms with Crippen LogP contribution in [0.3, 0.4) is 0 Å². The minimum absolute atomic E-state index is 0.130. The number of thioether (sulfide) groups is 2. The zero-order chi connectivity index (χ0) is 11.0. The van der Waals surface area contributed by atoms with Gasteiger partial charge in [-0.25, -0.2) is 0 Å². The van der Waals surface area contributed by atoms with Crippen LogP contribution in [0.15, 0.2) is 0 Å². The van der Waals surface area contributed by atoms with Crippen LogP contribution in [0.25, 0.3) is 0 Å². The van der Waals surface area contributed by atoms with Gasteiger partial charge in [-0.3, -0.25) is 0 Å². The summed E-state index contributed by atoms with van der Waals surface area (Å²) in [6.07, 6.45) is 1.32. The Hall–Kier alpha value is 0.240. The minimum Gasteiger partial charge on any atom is -0.396 e. The fraction of sp³-hybridized carbons (Fsp3) is 0.778. The van der Waals surface area contributed by atoms with Crippen molar-refractivity contribution in [2.45, 2.75) is 31.4 Å². The summed E-state index contributed by atoms with van der Waals surface area (Å²) in [6.45, 7) is 4.04. The van der Waals surface area contributed by atoms with Gasteiger partial charge < -0.3 is 5.11 Å². The van der Waals surface area contributed by atoms with Gasteiger partial charge in [0.05, 0.1) is 6.07 Å². The molecule has 0 saturated heterocycles. The average Bonchev–Trinajstić information content (AvgIpc) is 2.15. The van der Waals surface area contributed by atoms with E-state index >= 15 is 0 Å². The molecule has 0 fully saturated rings. The minimum atomic E-state index is -0.484. The molecule has 14 heavy (non-hydrogen) atoms. The molecule has 0 aliphatic rings. The predicted molar refractivity (Wildman–Crippen MR) is 68.7 cm³/mol. The first kappa shape index (κ1) is 14.2. The quantitative estimate of drug-likeness (QED) is 0.759. The summed E-state index contributed by atoms with van der Waals surface area (Å²) in [5, 5.41) is 17.7. The summed E-state index contributed by atoms with van der Waals surface area (Å²) in [5.74, 6) is 0.938. The highest BCUT2D eigenvalue weighted by atomic mass is 32.2. The van der Waals surface area contributed by atoms with E-state index in [4.69, 9.17) is 22.6 Å². The van der Waals surface area contributed by atoms with E-state index in [9.17, 15) is 0 Å². The Balaban J connectivity index is 4.12. The molecule has 0 aliphatic carbocycles. The summed E-state index contributed by atoms with van der Waals surface area (Å²) in [6, 6.07) is 2.25. The highest BCUT2D eigenvalue weighted by Crippen LogP contribution is 2.34. The van der Waals surface area contributed by atoms with Crippen LogP contribution in [-0.4, -0.2) is 25.7 Å². The van der Waals surface area contributed by atoms with Crippen molar-refractivity contribution >= 4 is 39.3 Å². The number of nitriles is 1. The maximum Gasteiger partial charge on any atom is 0.106 e. The predicted octanol–water partition coefficient (Wildman–Crippen LogP) is 2.81. The third-order valence-electron chi connectivity index (χ3n) is 1.62. The number of hydrogen-bond donors (Lipinski definition) is 1. The molecule has 5 heteroatoms. The molecule has 0 aliphatic heterocycles. The van der Waals surface area contributed by atoms with Gasteiger partial charge in [-0.2, -0.15) is 5.26 Å². The molecule has 0 aromatic heterocycles. The average molecular weight is 249 g/mol. The molecule has 0 aromatic rings. The molecule has 0 amide bonds. The molecule has 1 atom stereocenters. The largest absolute Gasteiger partial charge is 0.396 e. The number of rotatable bonds is 5. The fourth-order valence-electron chi connectivity index (χ4n) is 0.877. The Bertz CT molecular complexity index is 227. The molecule has 2 nitrogen and oxygen atoms in total. The molecule has 0 spiro atoms. The number of nitrogens with zero attached hydrogens (tertiary/aromatic N) is 1. The van der Waals surface area contributed by atoms with E-state index in [0.29, 0.717) is 12.8 Å². The fourth-order valence-corrected chi connectivity index (χ4v) is 3.82. The number of hydrogen-bond acceptors (Lipinski definition) is 5. The normalized spacial score (nSPS) is 14.4. The number of thiocarbonyl (C=S) groups is 1. The van der Waals surface area contributed by atoms with E-state index in [-0.39, 0.29) is 6.61 Å². The van der Waals surface area contributed by atoms with Gasteiger partial charge in [-0.1, -0.05) is 30.9 Å². The van der Waals surface area contributed by atoms with E-state index in [1.54, 1.807) is 11.8 Å². The molecular weight excluding hydrogens is 234 g/mol. The molecule has 0 aromatic carbocycles. The van der Waals surface area contributed by atoms with Gasteiger partial charge in [0.1, 0.15) is 8.28 Å². The van der Waals surface area contributed by atoms with Gasteiger partial charge in [0.25, 0.3) is 0 Å². The van der Waals surface area contributed by atoms with Crippen LogP contribution < -0.4 is 0 Å². The number of aliphatic hydroxyl groups excluding tert-OH is 1. The first-order valence-electron chi connectivity index (χ1n) is 4.46. The van der Waals surface area contributed by atoms with Gasteiger partial charge in [0.15, 0.2) is 0 Å². The highest BCUT2D eigenvalue weighted by Gasteiger charge is 2.25. The van der Waals surface area contributed by atoms with Gasteiger partial charge in [0, 0.05) is 6.61 Å². The standard InChI is InChI=1S/C9H15NOS3/c1-3-13-8(12)14-9(2,7-10)5-4-6-11/h11H,3-6H2,1-2H3. The van der Waals surface area contributed by atoms with Gasteiger partial charge in [0.2, 0.25) is 0 Å². The maximum atomic E-state index is 9.01. The second-order valence-electron chi connectivity index (χ2n) is 2.95. The smallest absolute Gasteiger partial charge is 0.106 e. The summed E-state index contributed by atoms with van der Waals surface area (Å²) >= 11 is 8.15. The van der Waals surface area contributed by atoms with Crippen molar-refractivity contribution in [2.24, 2.45) is 0 Å². The van der Waals surface area contributed by atoms with Gasteiger partial charge in [-0.05, 0) is 25.5 Å². The van der Waals surface area contributed by atoms with Crippen molar-refractivity contribution < 1.29 is 5.11 Å². The van der Waals surface area contributed by atoms with Crippen molar-refractivity contribution in [3.8, 4) is 6.07 Å². The lowest BCUT2D eigenvalue weighted by molar-refractivity contribution is 0.282. The van der Waals surface area contributed by atoms with Crippen molar-refractivity contribution in [3.05, 3.63) is 0 Å². The summed E-state index contributed by atoms with van der Waals surface area (Å²) < 4.78 is 0.330. The first-order chi connectivity index (χ1) is 6.58. The Labute approximate surface area is 99.5 Å². The SMILES string of the molecule is CCSC(=S)SC(C)(C#N)CCCO. The molecule has 0 saturated carbocycles. The van der Waals surface area contributed by atoms with Crippen LogP contribution in [0, 0.1) is 11.3 Å².